The Kier molecular flexibility index (Phi) is 6.77. The molecule has 2 aromatic rings. The highest BCUT2D eigenvalue weighted by molar-refractivity contribution is 5.60. The van der Waals surface area contributed by atoms with Gasteiger partial charge >= 0.3 is 6.11 Å². The van der Waals surface area contributed by atoms with E-state index in [1.807, 2.05) is 0 Å². The number of rotatable bonds is 8. The quantitative estimate of drug-likeness (QED) is 0.551. The third-order valence-electron chi connectivity index (χ3n) is 4.13. The maximum atomic E-state index is 14.5. The summed E-state index contributed by atoms with van der Waals surface area (Å²) < 4.78 is 86.2. The lowest BCUT2D eigenvalue weighted by atomic mass is 9.90. The van der Waals surface area contributed by atoms with Gasteiger partial charge in [0, 0.05) is 11.8 Å². The van der Waals surface area contributed by atoms with Gasteiger partial charge in [-0.1, -0.05) is 13.8 Å². The first kappa shape index (κ1) is 22.9. The van der Waals surface area contributed by atoms with Crippen molar-refractivity contribution in [3.63, 3.8) is 0 Å². The summed E-state index contributed by atoms with van der Waals surface area (Å²) in [7, 11) is 0. The summed E-state index contributed by atoms with van der Waals surface area (Å²) in [5, 5.41) is 0. The lowest BCUT2D eigenvalue weighted by Gasteiger charge is -2.34. The molecular weight excluding hydrogens is 400 g/mol. The normalized spacial score (nSPS) is 14.5. The molecule has 0 saturated carbocycles. The summed E-state index contributed by atoms with van der Waals surface area (Å²) in [5.74, 6) is -1.03. The minimum Gasteiger partial charge on any atom is -0.429 e. The standard InChI is InChI=1S/C19H21F6N3O/c1-10(2)9-18(3,26)19(24,25)29-14-5-4-12(28-15(14)17(22)23)11-6-7-27-13(8-11)16(20)21/h4-8,10,16-17H,9,26H2,1-3H3/t18-/m0/s1. The van der Waals surface area contributed by atoms with E-state index in [1.165, 1.54) is 6.07 Å². The monoisotopic (exact) mass is 421 g/mol. The van der Waals surface area contributed by atoms with Gasteiger partial charge in [0.1, 0.15) is 16.9 Å². The van der Waals surface area contributed by atoms with E-state index in [0.29, 0.717) is 0 Å². The average Bonchev–Trinajstić information content (AvgIpc) is 2.60. The van der Waals surface area contributed by atoms with Crippen molar-refractivity contribution >= 4 is 0 Å². The Morgan fingerprint density at radius 2 is 1.72 bits per heavy atom. The first-order chi connectivity index (χ1) is 13.3. The predicted molar refractivity (Wildman–Crippen MR) is 95.0 cm³/mol. The van der Waals surface area contributed by atoms with Crippen LogP contribution in [0.15, 0.2) is 30.5 Å². The smallest absolute Gasteiger partial charge is 0.416 e. The number of ether oxygens (including phenoxy) is 1. The highest BCUT2D eigenvalue weighted by atomic mass is 19.3. The number of nitrogens with zero attached hydrogens (tertiary/aromatic N) is 2. The molecule has 29 heavy (non-hydrogen) atoms. The van der Waals surface area contributed by atoms with Crippen LogP contribution >= 0.6 is 0 Å². The molecule has 0 aromatic carbocycles. The molecule has 160 valence electrons. The van der Waals surface area contributed by atoms with Crippen molar-refractivity contribution in [3.05, 3.63) is 41.9 Å². The van der Waals surface area contributed by atoms with Gasteiger partial charge in [-0.2, -0.15) is 8.78 Å². The summed E-state index contributed by atoms with van der Waals surface area (Å²) in [6, 6.07) is 4.29. The lowest BCUT2D eigenvalue weighted by Crippen LogP contribution is -2.57. The van der Waals surface area contributed by atoms with Gasteiger partial charge in [-0.25, -0.2) is 22.5 Å². The fourth-order valence-electron chi connectivity index (χ4n) is 2.81. The van der Waals surface area contributed by atoms with E-state index in [-0.39, 0.29) is 23.6 Å². The molecule has 0 spiro atoms. The molecule has 0 unspecified atom stereocenters. The third-order valence-corrected chi connectivity index (χ3v) is 4.13. The maximum Gasteiger partial charge on any atom is 0.416 e. The number of hydrogen-bond acceptors (Lipinski definition) is 4. The largest absolute Gasteiger partial charge is 0.429 e. The number of alkyl halides is 6. The number of halogens is 6. The Balaban J connectivity index is 2.41. The minimum atomic E-state index is -3.95. The van der Waals surface area contributed by atoms with E-state index < -0.39 is 41.6 Å². The van der Waals surface area contributed by atoms with Crippen molar-refractivity contribution in [3.8, 4) is 17.0 Å². The highest BCUT2D eigenvalue weighted by Gasteiger charge is 2.51. The summed E-state index contributed by atoms with van der Waals surface area (Å²) in [4.78, 5) is 7.12. The Morgan fingerprint density at radius 1 is 1.07 bits per heavy atom. The molecule has 2 heterocycles. The van der Waals surface area contributed by atoms with Gasteiger partial charge < -0.3 is 10.5 Å². The van der Waals surface area contributed by atoms with Gasteiger partial charge in [0.2, 0.25) is 0 Å². The Morgan fingerprint density at radius 3 is 2.28 bits per heavy atom. The number of hydrogen-bond donors (Lipinski definition) is 1. The zero-order valence-corrected chi connectivity index (χ0v) is 16.0. The van der Waals surface area contributed by atoms with Crippen molar-refractivity contribution < 1.29 is 31.1 Å². The molecule has 0 aliphatic rings. The second-order valence-corrected chi connectivity index (χ2v) is 7.28. The topological polar surface area (TPSA) is 61.0 Å². The molecule has 2 aromatic heterocycles. The Hall–Kier alpha value is -2.36. The van der Waals surface area contributed by atoms with Gasteiger partial charge in [0.05, 0.1) is 5.69 Å². The molecule has 4 nitrogen and oxygen atoms in total. The SMILES string of the molecule is CC(C)C[C@](C)(N)C(F)(F)Oc1ccc(-c2ccnc(C(F)F)c2)nc1C(F)F. The molecule has 0 bridgehead atoms. The van der Waals surface area contributed by atoms with E-state index in [1.54, 1.807) is 13.8 Å². The third kappa shape index (κ3) is 5.37. The van der Waals surface area contributed by atoms with E-state index >= 15 is 0 Å². The zero-order chi connectivity index (χ0) is 22.0. The average molecular weight is 421 g/mol. The molecular formula is C19H21F6N3O. The number of pyridine rings is 2. The van der Waals surface area contributed by atoms with Crippen LogP contribution in [-0.4, -0.2) is 21.6 Å². The molecule has 10 heteroatoms. The lowest BCUT2D eigenvalue weighted by molar-refractivity contribution is -0.225. The van der Waals surface area contributed by atoms with Crippen LogP contribution in [0.4, 0.5) is 26.3 Å². The molecule has 2 N–H and O–H groups in total. The molecule has 0 saturated heterocycles. The second-order valence-electron chi connectivity index (χ2n) is 7.28. The van der Waals surface area contributed by atoms with Crippen LogP contribution in [0.2, 0.25) is 0 Å². The predicted octanol–water partition coefficient (Wildman–Crippen LogP) is 5.75. The van der Waals surface area contributed by atoms with Crippen LogP contribution in [-0.2, 0) is 0 Å². The first-order valence-corrected chi connectivity index (χ1v) is 8.73. The molecule has 0 fully saturated rings. The van der Waals surface area contributed by atoms with Gasteiger partial charge in [-0.15, -0.1) is 0 Å². The van der Waals surface area contributed by atoms with Crippen LogP contribution in [0.3, 0.4) is 0 Å². The van der Waals surface area contributed by atoms with Crippen molar-refractivity contribution in [1.82, 2.24) is 9.97 Å². The first-order valence-electron chi connectivity index (χ1n) is 8.73. The Bertz CT molecular complexity index is 842. The van der Waals surface area contributed by atoms with E-state index in [4.69, 9.17) is 5.73 Å². The van der Waals surface area contributed by atoms with Crippen molar-refractivity contribution in [2.45, 2.75) is 51.7 Å². The van der Waals surface area contributed by atoms with E-state index in [0.717, 1.165) is 31.3 Å². The maximum absolute atomic E-state index is 14.5. The van der Waals surface area contributed by atoms with E-state index in [9.17, 15) is 26.3 Å². The van der Waals surface area contributed by atoms with E-state index in [2.05, 4.69) is 14.7 Å². The van der Waals surface area contributed by atoms with Crippen LogP contribution in [0.25, 0.3) is 11.3 Å². The van der Waals surface area contributed by atoms with Gasteiger partial charge in [-0.05, 0) is 43.5 Å². The molecule has 0 aliphatic carbocycles. The summed E-state index contributed by atoms with van der Waals surface area (Å²) in [5.41, 5.74) is 1.92. The van der Waals surface area contributed by atoms with Gasteiger partial charge in [-0.3, -0.25) is 4.98 Å². The van der Waals surface area contributed by atoms with Crippen LogP contribution in [0, 0.1) is 5.92 Å². The summed E-state index contributed by atoms with van der Waals surface area (Å²) in [6.45, 7) is 4.44. The van der Waals surface area contributed by atoms with Crippen LogP contribution < -0.4 is 10.5 Å². The van der Waals surface area contributed by atoms with Crippen molar-refractivity contribution in [1.29, 1.82) is 0 Å². The zero-order valence-electron chi connectivity index (χ0n) is 16.0. The van der Waals surface area contributed by atoms with Crippen molar-refractivity contribution in [2.24, 2.45) is 11.7 Å². The summed E-state index contributed by atoms with van der Waals surface area (Å²) in [6.07, 6.45) is -9.11. The van der Waals surface area contributed by atoms with Gasteiger partial charge in [0.25, 0.3) is 12.9 Å². The van der Waals surface area contributed by atoms with Gasteiger partial charge in [0.15, 0.2) is 5.75 Å². The fraction of sp³-hybridized carbons (Fsp3) is 0.474. The van der Waals surface area contributed by atoms with Crippen molar-refractivity contribution in [2.75, 3.05) is 0 Å². The molecule has 0 aliphatic heterocycles. The fourth-order valence-corrected chi connectivity index (χ4v) is 2.81. The molecule has 1 atom stereocenters. The molecule has 2 rings (SSSR count). The molecule has 0 radical (unpaired) electrons. The number of nitrogens with two attached hydrogens (primary N) is 1. The minimum absolute atomic E-state index is 0.0824. The Labute approximate surface area is 164 Å². The highest BCUT2D eigenvalue weighted by Crippen LogP contribution is 2.38. The number of aromatic nitrogens is 2. The van der Waals surface area contributed by atoms with Crippen LogP contribution in [0.5, 0.6) is 5.75 Å². The summed E-state index contributed by atoms with van der Waals surface area (Å²) >= 11 is 0. The second kappa shape index (κ2) is 8.56. The molecule has 0 amide bonds. The van der Waals surface area contributed by atoms with Crippen LogP contribution in [0.1, 0.15) is 51.4 Å².